The van der Waals surface area contributed by atoms with E-state index in [1.165, 1.54) is 13.1 Å². The third kappa shape index (κ3) is 3.98. The molecule has 32 heavy (non-hydrogen) atoms. The average Bonchev–Trinajstić information content (AvgIpc) is 3.12. The van der Waals surface area contributed by atoms with E-state index >= 15 is 0 Å². The van der Waals surface area contributed by atoms with Crippen molar-refractivity contribution in [2.75, 3.05) is 32.1 Å². The summed E-state index contributed by atoms with van der Waals surface area (Å²) in [5, 5.41) is 3.52. The SMILES string of the molecule is Cc1nc(N(C)C)ncc1C(=O)N1CCCC(c2cc(C(F)(F)F)c3c(C)noc3n2)C1. The largest absolute Gasteiger partial charge is 0.417 e. The third-order valence-electron chi connectivity index (χ3n) is 5.67. The third-order valence-corrected chi connectivity index (χ3v) is 5.67. The number of nitrogens with zero attached hydrogens (tertiary/aromatic N) is 6. The zero-order chi connectivity index (χ0) is 23.2. The van der Waals surface area contributed by atoms with Gasteiger partial charge in [0.25, 0.3) is 11.6 Å². The molecule has 1 saturated heterocycles. The molecule has 0 spiro atoms. The lowest BCUT2D eigenvalue weighted by atomic mass is 9.92. The molecule has 0 aromatic carbocycles. The zero-order valence-electron chi connectivity index (χ0n) is 18.2. The second kappa shape index (κ2) is 8.03. The van der Waals surface area contributed by atoms with Crippen LogP contribution in [-0.4, -0.2) is 58.1 Å². The van der Waals surface area contributed by atoms with Crippen LogP contribution in [0.5, 0.6) is 0 Å². The van der Waals surface area contributed by atoms with Gasteiger partial charge in [0, 0.05) is 39.3 Å². The van der Waals surface area contributed by atoms with Crippen molar-refractivity contribution in [3.63, 3.8) is 0 Å². The number of aryl methyl sites for hydroxylation is 2. The molecule has 4 rings (SSSR count). The predicted octanol–water partition coefficient (Wildman–Crippen LogP) is 3.73. The Morgan fingerprint density at radius 2 is 1.97 bits per heavy atom. The van der Waals surface area contributed by atoms with Crippen molar-refractivity contribution in [2.24, 2.45) is 0 Å². The zero-order valence-corrected chi connectivity index (χ0v) is 18.2. The quantitative estimate of drug-likeness (QED) is 0.603. The highest BCUT2D eigenvalue weighted by Gasteiger charge is 2.37. The molecular weight excluding hydrogens is 425 g/mol. The van der Waals surface area contributed by atoms with E-state index in [1.807, 2.05) is 0 Å². The second-order valence-electron chi connectivity index (χ2n) is 8.19. The molecule has 170 valence electrons. The molecular formula is C21H23F3N6O2. The minimum Gasteiger partial charge on any atom is -0.347 e. The fourth-order valence-corrected chi connectivity index (χ4v) is 4.00. The molecule has 0 aliphatic carbocycles. The van der Waals surface area contributed by atoms with Gasteiger partial charge in [0.05, 0.1) is 33.6 Å². The van der Waals surface area contributed by atoms with Crippen LogP contribution in [0.15, 0.2) is 16.8 Å². The fourth-order valence-electron chi connectivity index (χ4n) is 4.00. The van der Waals surface area contributed by atoms with Crippen molar-refractivity contribution in [1.29, 1.82) is 0 Å². The molecule has 4 heterocycles. The number of carbonyl (C=O) groups excluding carboxylic acids is 1. The van der Waals surface area contributed by atoms with Crippen LogP contribution in [0.25, 0.3) is 11.1 Å². The smallest absolute Gasteiger partial charge is 0.347 e. The summed E-state index contributed by atoms with van der Waals surface area (Å²) in [6, 6.07) is 1.06. The molecule has 1 aliphatic rings. The summed E-state index contributed by atoms with van der Waals surface area (Å²) >= 11 is 0. The van der Waals surface area contributed by atoms with Gasteiger partial charge in [0.1, 0.15) is 0 Å². The molecule has 1 atom stereocenters. The number of aromatic nitrogens is 4. The Labute approximate surface area is 182 Å². The van der Waals surface area contributed by atoms with Crippen molar-refractivity contribution >= 4 is 23.0 Å². The summed E-state index contributed by atoms with van der Waals surface area (Å²) in [7, 11) is 3.61. The highest BCUT2D eigenvalue weighted by Crippen LogP contribution is 2.38. The Hall–Kier alpha value is -3.24. The van der Waals surface area contributed by atoms with Crippen molar-refractivity contribution in [2.45, 2.75) is 38.8 Å². The van der Waals surface area contributed by atoms with E-state index in [9.17, 15) is 18.0 Å². The monoisotopic (exact) mass is 448 g/mol. The van der Waals surface area contributed by atoms with E-state index < -0.39 is 11.7 Å². The molecule has 0 N–H and O–H groups in total. The Kier molecular flexibility index (Phi) is 5.51. The van der Waals surface area contributed by atoms with Gasteiger partial charge in [-0.2, -0.15) is 13.2 Å². The van der Waals surface area contributed by atoms with Gasteiger partial charge in [0.2, 0.25) is 5.95 Å². The second-order valence-corrected chi connectivity index (χ2v) is 8.19. The molecule has 0 bridgehead atoms. The van der Waals surface area contributed by atoms with Gasteiger partial charge in [-0.15, -0.1) is 0 Å². The van der Waals surface area contributed by atoms with E-state index in [0.717, 1.165) is 6.07 Å². The average molecular weight is 448 g/mol. The van der Waals surface area contributed by atoms with Crippen molar-refractivity contribution in [3.05, 3.63) is 40.5 Å². The highest BCUT2D eigenvalue weighted by atomic mass is 19.4. The van der Waals surface area contributed by atoms with Crippen LogP contribution in [0.2, 0.25) is 0 Å². The minimum atomic E-state index is -4.57. The molecule has 1 amide bonds. The highest BCUT2D eigenvalue weighted by molar-refractivity contribution is 5.95. The Morgan fingerprint density at radius 1 is 1.22 bits per heavy atom. The summed E-state index contributed by atoms with van der Waals surface area (Å²) in [6.45, 7) is 3.94. The molecule has 11 heteroatoms. The lowest BCUT2D eigenvalue weighted by molar-refractivity contribution is -0.136. The number of piperidine rings is 1. The number of hydrogen-bond donors (Lipinski definition) is 0. The van der Waals surface area contributed by atoms with Gasteiger partial charge in [-0.3, -0.25) is 4.79 Å². The topological polar surface area (TPSA) is 88.3 Å². The van der Waals surface area contributed by atoms with Gasteiger partial charge in [0.15, 0.2) is 0 Å². The number of likely N-dealkylation sites (tertiary alicyclic amines) is 1. The first kappa shape index (κ1) is 22.0. The molecule has 3 aromatic heterocycles. The van der Waals surface area contributed by atoms with Gasteiger partial charge >= 0.3 is 6.18 Å². The minimum absolute atomic E-state index is 0.126. The number of amides is 1. The lowest BCUT2D eigenvalue weighted by Crippen LogP contribution is -2.39. The van der Waals surface area contributed by atoms with Crippen LogP contribution < -0.4 is 4.90 Å². The molecule has 0 radical (unpaired) electrons. The van der Waals surface area contributed by atoms with E-state index in [4.69, 9.17) is 4.52 Å². The Bertz CT molecular complexity index is 1170. The van der Waals surface area contributed by atoms with Crippen LogP contribution in [0.3, 0.4) is 0 Å². The number of pyridine rings is 1. The number of alkyl halides is 3. The van der Waals surface area contributed by atoms with Crippen LogP contribution in [0.1, 0.15) is 51.8 Å². The molecule has 0 saturated carbocycles. The number of hydrogen-bond acceptors (Lipinski definition) is 7. The number of halogens is 3. The first-order valence-corrected chi connectivity index (χ1v) is 10.2. The maximum absolute atomic E-state index is 13.7. The number of anilines is 1. The fraction of sp³-hybridized carbons (Fsp3) is 0.476. The van der Waals surface area contributed by atoms with Gasteiger partial charge in [-0.05, 0) is 32.8 Å². The van der Waals surface area contributed by atoms with Gasteiger partial charge < -0.3 is 14.3 Å². The van der Waals surface area contributed by atoms with Crippen LogP contribution in [0, 0.1) is 13.8 Å². The van der Waals surface area contributed by atoms with E-state index in [-0.39, 0.29) is 40.9 Å². The van der Waals surface area contributed by atoms with Crippen molar-refractivity contribution in [3.8, 4) is 0 Å². The summed E-state index contributed by atoms with van der Waals surface area (Å²) in [6.07, 6.45) is -1.82. The molecule has 1 unspecified atom stereocenters. The summed E-state index contributed by atoms with van der Waals surface area (Å²) in [5.74, 6) is -0.105. The summed E-state index contributed by atoms with van der Waals surface area (Å²) in [5.41, 5.74) is 0.355. The van der Waals surface area contributed by atoms with Crippen molar-refractivity contribution < 1.29 is 22.5 Å². The van der Waals surface area contributed by atoms with Gasteiger partial charge in [-0.1, -0.05) is 5.16 Å². The van der Waals surface area contributed by atoms with Gasteiger partial charge in [-0.25, -0.2) is 15.0 Å². The van der Waals surface area contributed by atoms with Crippen LogP contribution in [0.4, 0.5) is 19.1 Å². The molecule has 1 aliphatic heterocycles. The lowest BCUT2D eigenvalue weighted by Gasteiger charge is -2.33. The number of carbonyl (C=O) groups is 1. The Balaban J connectivity index is 1.63. The molecule has 3 aromatic rings. The van der Waals surface area contributed by atoms with Crippen LogP contribution in [-0.2, 0) is 6.18 Å². The van der Waals surface area contributed by atoms with E-state index in [1.54, 1.807) is 30.8 Å². The van der Waals surface area contributed by atoms with Crippen molar-refractivity contribution in [1.82, 2.24) is 25.0 Å². The summed E-state index contributed by atoms with van der Waals surface area (Å²) < 4.78 is 46.2. The van der Waals surface area contributed by atoms with E-state index in [2.05, 4.69) is 20.1 Å². The normalized spacial score (nSPS) is 17.1. The summed E-state index contributed by atoms with van der Waals surface area (Å²) in [4.78, 5) is 29.4. The molecule has 8 nitrogen and oxygen atoms in total. The first-order valence-electron chi connectivity index (χ1n) is 10.2. The van der Waals surface area contributed by atoms with Crippen LogP contribution >= 0.6 is 0 Å². The molecule has 1 fully saturated rings. The maximum atomic E-state index is 13.7. The number of rotatable bonds is 3. The predicted molar refractivity (Wildman–Crippen MR) is 111 cm³/mol. The number of fused-ring (bicyclic) bond motifs is 1. The first-order chi connectivity index (χ1) is 15.1. The Morgan fingerprint density at radius 3 is 2.62 bits per heavy atom. The standard InChI is InChI=1S/C21H23F3N6O2/c1-11-14(9-25-20(26-11)29(3)4)19(31)30-7-5-6-13(10-30)16-8-15(21(22,23)24)17-12(2)28-32-18(17)27-16/h8-9,13H,5-7,10H2,1-4H3. The van der Waals surface area contributed by atoms with E-state index in [0.29, 0.717) is 36.6 Å². The maximum Gasteiger partial charge on any atom is 0.417 e.